The zero-order chi connectivity index (χ0) is 9.36. The Balaban J connectivity index is 1.86. The first-order chi connectivity index (χ1) is 6.43. The van der Waals surface area contributed by atoms with Crippen LogP contribution in [0.3, 0.4) is 0 Å². The van der Waals surface area contributed by atoms with E-state index in [4.69, 9.17) is 9.47 Å². The Morgan fingerprint density at radius 3 is 2.46 bits per heavy atom. The minimum Gasteiger partial charge on any atom is -0.382 e. The van der Waals surface area contributed by atoms with Crippen LogP contribution >= 0.6 is 0 Å². The molecule has 1 fully saturated rings. The molecule has 3 heteroatoms. The van der Waals surface area contributed by atoms with Crippen LogP contribution in [0.1, 0.15) is 19.3 Å². The maximum atomic E-state index is 5.41. The molecule has 0 aromatic heterocycles. The number of likely N-dealkylation sites (tertiary alicyclic amines) is 1. The van der Waals surface area contributed by atoms with Gasteiger partial charge in [0.05, 0.1) is 19.8 Å². The SMILES string of the molecule is COCCOCCN1CCCCC1. The van der Waals surface area contributed by atoms with Crippen molar-refractivity contribution < 1.29 is 9.47 Å². The summed E-state index contributed by atoms with van der Waals surface area (Å²) in [6.45, 7) is 5.89. The molecule has 78 valence electrons. The van der Waals surface area contributed by atoms with Gasteiger partial charge in [0, 0.05) is 13.7 Å². The number of methoxy groups -OCH3 is 1. The third-order valence-electron chi connectivity index (χ3n) is 2.43. The van der Waals surface area contributed by atoms with Gasteiger partial charge in [-0.1, -0.05) is 6.42 Å². The van der Waals surface area contributed by atoms with E-state index in [1.807, 2.05) is 0 Å². The summed E-state index contributed by atoms with van der Waals surface area (Å²) in [6, 6.07) is 0. The van der Waals surface area contributed by atoms with Gasteiger partial charge in [0.1, 0.15) is 0 Å². The van der Waals surface area contributed by atoms with Gasteiger partial charge in [0.25, 0.3) is 0 Å². The lowest BCUT2D eigenvalue weighted by atomic mass is 10.1. The first kappa shape index (κ1) is 11.0. The van der Waals surface area contributed by atoms with Crippen LogP contribution in [-0.4, -0.2) is 51.5 Å². The van der Waals surface area contributed by atoms with Crippen LogP contribution in [0, 0.1) is 0 Å². The zero-order valence-corrected chi connectivity index (χ0v) is 8.63. The molecule has 0 spiro atoms. The highest BCUT2D eigenvalue weighted by atomic mass is 16.5. The summed E-state index contributed by atoms with van der Waals surface area (Å²) in [6.07, 6.45) is 4.12. The predicted molar refractivity (Wildman–Crippen MR) is 53.0 cm³/mol. The minimum absolute atomic E-state index is 0.708. The molecule has 0 saturated carbocycles. The molecule has 13 heavy (non-hydrogen) atoms. The van der Waals surface area contributed by atoms with Crippen LogP contribution in [0.2, 0.25) is 0 Å². The van der Waals surface area contributed by atoms with Crippen LogP contribution < -0.4 is 0 Å². The largest absolute Gasteiger partial charge is 0.382 e. The molecule has 1 saturated heterocycles. The van der Waals surface area contributed by atoms with Crippen molar-refractivity contribution in [3.8, 4) is 0 Å². The highest BCUT2D eigenvalue weighted by molar-refractivity contribution is 4.63. The molecule has 0 amide bonds. The summed E-state index contributed by atoms with van der Waals surface area (Å²) < 4.78 is 10.3. The second kappa shape index (κ2) is 7.30. The lowest BCUT2D eigenvalue weighted by Crippen LogP contribution is -2.32. The quantitative estimate of drug-likeness (QED) is 0.582. The van der Waals surface area contributed by atoms with E-state index in [0.717, 1.165) is 19.8 Å². The van der Waals surface area contributed by atoms with Gasteiger partial charge in [0.2, 0.25) is 0 Å². The van der Waals surface area contributed by atoms with E-state index in [1.165, 1.54) is 32.4 Å². The van der Waals surface area contributed by atoms with Crippen molar-refractivity contribution >= 4 is 0 Å². The van der Waals surface area contributed by atoms with Crippen molar-refractivity contribution in [1.29, 1.82) is 0 Å². The number of rotatable bonds is 6. The average molecular weight is 187 g/mol. The summed E-state index contributed by atoms with van der Waals surface area (Å²) >= 11 is 0. The zero-order valence-electron chi connectivity index (χ0n) is 8.63. The number of hydrogen-bond acceptors (Lipinski definition) is 3. The molecule has 0 aromatic carbocycles. The van der Waals surface area contributed by atoms with Gasteiger partial charge in [-0.15, -0.1) is 0 Å². The Hall–Kier alpha value is -0.120. The smallest absolute Gasteiger partial charge is 0.0700 e. The Morgan fingerprint density at radius 2 is 1.77 bits per heavy atom. The summed E-state index contributed by atoms with van der Waals surface area (Å²) in [5.41, 5.74) is 0. The number of ether oxygens (including phenoxy) is 2. The Bertz CT molecular complexity index is 113. The van der Waals surface area contributed by atoms with Crippen molar-refractivity contribution in [2.75, 3.05) is 46.6 Å². The summed E-state index contributed by atoms with van der Waals surface area (Å²) in [5.74, 6) is 0. The third kappa shape index (κ3) is 5.24. The van der Waals surface area contributed by atoms with Crippen molar-refractivity contribution in [2.24, 2.45) is 0 Å². The van der Waals surface area contributed by atoms with Crippen LogP contribution in [0.15, 0.2) is 0 Å². The van der Waals surface area contributed by atoms with E-state index in [1.54, 1.807) is 7.11 Å². The van der Waals surface area contributed by atoms with Crippen molar-refractivity contribution in [3.05, 3.63) is 0 Å². The Labute approximate surface area is 81.0 Å². The number of nitrogens with zero attached hydrogens (tertiary/aromatic N) is 1. The van der Waals surface area contributed by atoms with Gasteiger partial charge in [0.15, 0.2) is 0 Å². The molecule has 1 heterocycles. The molecule has 3 nitrogen and oxygen atoms in total. The highest BCUT2D eigenvalue weighted by Gasteiger charge is 2.08. The van der Waals surface area contributed by atoms with Crippen molar-refractivity contribution in [3.63, 3.8) is 0 Å². The Kier molecular flexibility index (Phi) is 6.15. The van der Waals surface area contributed by atoms with Gasteiger partial charge in [-0.3, -0.25) is 0 Å². The molecular formula is C10H21NO2. The van der Waals surface area contributed by atoms with Gasteiger partial charge in [-0.2, -0.15) is 0 Å². The molecule has 0 aliphatic carbocycles. The van der Waals surface area contributed by atoms with Crippen molar-refractivity contribution in [1.82, 2.24) is 4.90 Å². The molecule has 0 radical (unpaired) electrons. The van der Waals surface area contributed by atoms with Crippen LogP contribution in [0.25, 0.3) is 0 Å². The first-order valence-corrected chi connectivity index (χ1v) is 5.22. The lowest BCUT2D eigenvalue weighted by molar-refractivity contribution is 0.0542. The second-order valence-corrected chi connectivity index (χ2v) is 3.51. The molecule has 0 bridgehead atoms. The highest BCUT2D eigenvalue weighted by Crippen LogP contribution is 2.07. The fraction of sp³-hybridized carbons (Fsp3) is 1.00. The lowest BCUT2D eigenvalue weighted by Gasteiger charge is -2.26. The van der Waals surface area contributed by atoms with Gasteiger partial charge >= 0.3 is 0 Å². The van der Waals surface area contributed by atoms with Gasteiger partial charge in [-0.05, 0) is 25.9 Å². The van der Waals surface area contributed by atoms with Crippen LogP contribution in [0.4, 0.5) is 0 Å². The fourth-order valence-electron chi connectivity index (χ4n) is 1.62. The summed E-state index contributed by atoms with van der Waals surface area (Å²) in [7, 11) is 1.70. The minimum atomic E-state index is 0.708. The van der Waals surface area contributed by atoms with E-state index in [9.17, 15) is 0 Å². The first-order valence-electron chi connectivity index (χ1n) is 5.22. The maximum absolute atomic E-state index is 5.41. The van der Waals surface area contributed by atoms with Crippen LogP contribution in [0.5, 0.6) is 0 Å². The molecule has 1 aliphatic rings. The van der Waals surface area contributed by atoms with E-state index in [-0.39, 0.29) is 0 Å². The van der Waals surface area contributed by atoms with Gasteiger partial charge < -0.3 is 14.4 Å². The molecule has 1 aliphatic heterocycles. The maximum Gasteiger partial charge on any atom is 0.0700 e. The molecular weight excluding hydrogens is 166 g/mol. The van der Waals surface area contributed by atoms with E-state index < -0.39 is 0 Å². The molecule has 0 atom stereocenters. The molecule has 0 unspecified atom stereocenters. The monoisotopic (exact) mass is 187 g/mol. The molecule has 0 aromatic rings. The van der Waals surface area contributed by atoms with Gasteiger partial charge in [-0.25, -0.2) is 0 Å². The standard InChI is InChI=1S/C10H21NO2/c1-12-9-10-13-8-7-11-5-3-2-4-6-11/h2-10H2,1H3. The molecule has 0 N–H and O–H groups in total. The predicted octanol–water partition coefficient (Wildman–Crippen LogP) is 1.14. The van der Waals surface area contributed by atoms with Crippen LogP contribution in [-0.2, 0) is 9.47 Å². The topological polar surface area (TPSA) is 21.7 Å². The van der Waals surface area contributed by atoms with E-state index in [2.05, 4.69) is 4.90 Å². The average Bonchev–Trinajstić information content (AvgIpc) is 2.19. The number of hydrogen-bond donors (Lipinski definition) is 0. The molecule has 1 rings (SSSR count). The third-order valence-corrected chi connectivity index (χ3v) is 2.43. The van der Waals surface area contributed by atoms with E-state index >= 15 is 0 Å². The fourth-order valence-corrected chi connectivity index (χ4v) is 1.62. The summed E-state index contributed by atoms with van der Waals surface area (Å²) in [5, 5.41) is 0. The normalized spacial score (nSPS) is 19.2. The second-order valence-electron chi connectivity index (χ2n) is 3.51. The Morgan fingerprint density at radius 1 is 1.00 bits per heavy atom. The number of piperidine rings is 1. The summed E-state index contributed by atoms with van der Waals surface area (Å²) in [4.78, 5) is 2.48. The van der Waals surface area contributed by atoms with E-state index in [0.29, 0.717) is 6.61 Å². The van der Waals surface area contributed by atoms with Crippen molar-refractivity contribution in [2.45, 2.75) is 19.3 Å².